The number of aliphatic carboxylic acids is 1. The lowest BCUT2D eigenvalue weighted by atomic mass is 9.84. The van der Waals surface area contributed by atoms with Crippen LogP contribution in [0, 0.1) is 0 Å². The number of carbonyl (C=O) groups is 1. The van der Waals surface area contributed by atoms with Crippen molar-refractivity contribution < 1.29 is 124 Å². The first kappa shape index (κ1) is 40.4. The van der Waals surface area contributed by atoms with Crippen molar-refractivity contribution in [3.8, 4) is 0 Å². The number of carboxylic acids is 1. The van der Waals surface area contributed by atoms with Crippen LogP contribution in [0.3, 0.4) is 0 Å². The average Bonchev–Trinajstić information content (AvgIpc) is 2.76. The molecule has 0 atom stereocenters. The molecule has 43 heavy (non-hydrogen) atoms. The SMILES string of the molecule is O=C(O)C=C(F)C(F)(F)C(F)(F)C(F)(F)C(F)(F)C(F)(F)C(F)(F)C(F)(F)C(F)(F)C(F)(F)C(F)(F)C(F)(F)C(F)(F)F. The lowest BCUT2D eigenvalue weighted by Gasteiger charge is -2.45. The van der Waals surface area contributed by atoms with E-state index in [1.54, 1.807) is 0 Å². The second kappa shape index (κ2) is 9.95. The molecular formula is C15H2F26O2. The minimum atomic E-state index is -9.75. The van der Waals surface area contributed by atoms with E-state index < -0.39 is 89.2 Å². The molecular weight excluding hydrogens is 706 g/mol. The Morgan fingerprint density at radius 2 is 0.558 bits per heavy atom. The van der Waals surface area contributed by atoms with Gasteiger partial charge in [-0.2, -0.15) is 110 Å². The van der Waals surface area contributed by atoms with Gasteiger partial charge in [0.15, 0.2) is 5.83 Å². The first-order chi connectivity index (χ1) is 18.1. The van der Waals surface area contributed by atoms with E-state index in [2.05, 4.69) is 0 Å². The molecule has 0 radical (unpaired) electrons. The fourth-order valence-electron chi connectivity index (χ4n) is 2.30. The fourth-order valence-corrected chi connectivity index (χ4v) is 2.30. The zero-order chi connectivity index (χ0) is 35.9. The Morgan fingerprint density at radius 1 is 0.372 bits per heavy atom. The Balaban J connectivity index is 7.44. The summed E-state index contributed by atoms with van der Waals surface area (Å²) in [7, 11) is 0. The molecule has 0 saturated heterocycles. The Labute approximate surface area is 214 Å². The molecule has 0 heterocycles. The maximum absolute atomic E-state index is 13.6. The van der Waals surface area contributed by atoms with Crippen LogP contribution < -0.4 is 0 Å². The highest BCUT2D eigenvalue weighted by molar-refractivity contribution is 5.80. The van der Waals surface area contributed by atoms with Gasteiger partial charge in [0.25, 0.3) is 0 Å². The van der Waals surface area contributed by atoms with E-state index in [4.69, 9.17) is 5.11 Å². The molecule has 0 rings (SSSR count). The minimum Gasteiger partial charge on any atom is -0.478 e. The van der Waals surface area contributed by atoms with E-state index in [1.165, 1.54) is 0 Å². The van der Waals surface area contributed by atoms with Crippen LogP contribution >= 0.6 is 0 Å². The molecule has 0 aliphatic heterocycles. The summed E-state index contributed by atoms with van der Waals surface area (Å²) in [5.74, 6) is -109. The number of allylic oxidation sites excluding steroid dienone is 1. The van der Waals surface area contributed by atoms with E-state index in [0.29, 0.717) is 0 Å². The number of hydrogen-bond donors (Lipinski definition) is 1. The minimum absolute atomic E-state index is 1.91. The van der Waals surface area contributed by atoms with Crippen molar-refractivity contribution in [2.75, 3.05) is 0 Å². The Kier molecular flexibility index (Phi) is 9.34. The van der Waals surface area contributed by atoms with E-state index >= 15 is 0 Å². The molecule has 0 saturated carbocycles. The number of halogens is 26. The van der Waals surface area contributed by atoms with Crippen LogP contribution in [-0.2, 0) is 4.79 Å². The smallest absolute Gasteiger partial charge is 0.460 e. The van der Waals surface area contributed by atoms with E-state index in [0.717, 1.165) is 0 Å². The van der Waals surface area contributed by atoms with Crippen molar-refractivity contribution in [2.24, 2.45) is 0 Å². The fraction of sp³-hybridized carbons (Fsp3) is 0.800. The van der Waals surface area contributed by atoms with Gasteiger partial charge in [0, 0.05) is 0 Å². The molecule has 1 N–H and O–H groups in total. The summed E-state index contributed by atoms with van der Waals surface area (Å²) in [5, 5.41) is 7.87. The highest BCUT2D eigenvalue weighted by Crippen LogP contribution is 2.68. The molecule has 0 aliphatic carbocycles. The lowest BCUT2D eigenvalue weighted by molar-refractivity contribution is -0.481. The maximum Gasteiger partial charge on any atom is 0.460 e. The quantitative estimate of drug-likeness (QED) is 0.163. The number of carboxylic acid groups (broad SMARTS) is 1. The lowest BCUT2D eigenvalue weighted by Crippen LogP contribution is -2.78. The Bertz CT molecular complexity index is 1090. The maximum atomic E-state index is 13.6. The van der Waals surface area contributed by atoms with Gasteiger partial charge in [0.05, 0.1) is 6.08 Å². The van der Waals surface area contributed by atoms with Crippen LogP contribution in [-0.4, -0.2) is 82.4 Å². The molecule has 0 spiro atoms. The predicted octanol–water partition coefficient (Wildman–Crippen LogP) is 8.48. The van der Waals surface area contributed by atoms with Gasteiger partial charge in [-0.25, -0.2) is 9.18 Å². The van der Waals surface area contributed by atoms with Crippen molar-refractivity contribution in [2.45, 2.75) is 71.3 Å². The van der Waals surface area contributed by atoms with Crippen LogP contribution in [0.5, 0.6) is 0 Å². The van der Waals surface area contributed by atoms with Crippen molar-refractivity contribution in [3.63, 3.8) is 0 Å². The topological polar surface area (TPSA) is 37.3 Å². The average molecular weight is 708 g/mol. The first-order valence-corrected chi connectivity index (χ1v) is 8.92. The molecule has 256 valence electrons. The second-order valence-electron chi connectivity index (χ2n) is 7.65. The van der Waals surface area contributed by atoms with E-state index in [-0.39, 0.29) is 0 Å². The van der Waals surface area contributed by atoms with E-state index in [9.17, 15) is 119 Å². The zero-order valence-corrected chi connectivity index (χ0v) is 18.3. The molecule has 0 aromatic rings. The van der Waals surface area contributed by atoms with Gasteiger partial charge < -0.3 is 5.11 Å². The second-order valence-corrected chi connectivity index (χ2v) is 7.65. The van der Waals surface area contributed by atoms with Crippen molar-refractivity contribution in [1.82, 2.24) is 0 Å². The standard InChI is InChI=1S/C15H2F26O2/c16-2(1-3(42)43)4(17,18)5(19,20)6(21,22)7(23,24)8(25,26)9(27,28)10(29,30)11(31,32)12(33,34)13(35,36)14(37,38)15(39,40)41/h1H,(H,42,43). The Hall–Kier alpha value is -2.61. The molecule has 0 amide bonds. The monoisotopic (exact) mass is 708 g/mol. The third-order valence-electron chi connectivity index (χ3n) is 4.85. The summed E-state index contributed by atoms with van der Waals surface area (Å²) >= 11 is 0. The van der Waals surface area contributed by atoms with Gasteiger partial charge in [-0.05, 0) is 0 Å². The number of rotatable bonds is 12. The predicted molar refractivity (Wildman–Crippen MR) is 77.3 cm³/mol. The zero-order valence-electron chi connectivity index (χ0n) is 18.3. The van der Waals surface area contributed by atoms with Gasteiger partial charge >= 0.3 is 77.3 Å². The van der Waals surface area contributed by atoms with Gasteiger partial charge in [0.2, 0.25) is 0 Å². The molecule has 0 fully saturated rings. The number of hydrogen-bond acceptors (Lipinski definition) is 1. The molecule has 0 unspecified atom stereocenters. The van der Waals surface area contributed by atoms with Crippen LogP contribution in [0.2, 0.25) is 0 Å². The Morgan fingerprint density at radius 3 is 0.744 bits per heavy atom. The summed E-state index contributed by atoms with van der Waals surface area (Å²) in [6.07, 6.45) is -10.1. The number of alkyl halides is 25. The third kappa shape index (κ3) is 4.87. The summed E-state index contributed by atoms with van der Waals surface area (Å²) < 4.78 is 343. The molecule has 0 bridgehead atoms. The molecule has 0 aromatic heterocycles. The summed E-state index contributed by atoms with van der Waals surface area (Å²) in [4.78, 5) is 9.97. The molecule has 0 aromatic carbocycles. The van der Waals surface area contributed by atoms with Gasteiger partial charge in [-0.15, -0.1) is 0 Å². The van der Waals surface area contributed by atoms with Crippen molar-refractivity contribution in [3.05, 3.63) is 11.9 Å². The largest absolute Gasteiger partial charge is 0.478 e. The van der Waals surface area contributed by atoms with Gasteiger partial charge in [-0.3, -0.25) is 0 Å². The highest BCUT2D eigenvalue weighted by atomic mass is 19.4. The molecule has 0 aliphatic rings. The highest BCUT2D eigenvalue weighted by Gasteiger charge is 2.99. The van der Waals surface area contributed by atoms with Crippen LogP contribution in [0.1, 0.15) is 0 Å². The first-order valence-electron chi connectivity index (χ1n) is 8.92. The van der Waals surface area contributed by atoms with Gasteiger partial charge in [0.1, 0.15) is 0 Å². The van der Waals surface area contributed by atoms with Crippen LogP contribution in [0.25, 0.3) is 0 Å². The molecule has 28 heteroatoms. The summed E-state index contributed by atoms with van der Waals surface area (Å²) in [5.41, 5.74) is 0. The molecule has 2 nitrogen and oxygen atoms in total. The third-order valence-corrected chi connectivity index (χ3v) is 4.85. The summed E-state index contributed by atoms with van der Waals surface area (Å²) in [6, 6.07) is 0. The van der Waals surface area contributed by atoms with E-state index in [1.807, 2.05) is 0 Å². The van der Waals surface area contributed by atoms with Crippen LogP contribution in [0.4, 0.5) is 114 Å². The summed E-state index contributed by atoms with van der Waals surface area (Å²) in [6.45, 7) is 0. The van der Waals surface area contributed by atoms with Crippen molar-refractivity contribution >= 4 is 5.97 Å². The van der Waals surface area contributed by atoms with Gasteiger partial charge in [-0.1, -0.05) is 0 Å². The van der Waals surface area contributed by atoms with Crippen molar-refractivity contribution in [1.29, 1.82) is 0 Å². The normalized spacial score (nSPS) is 16.9. The van der Waals surface area contributed by atoms with Crippen LogP contribution in [0.15, 0.2) is 11.9 Å².